The van der Waals surface area contributed by atoms with Crippen LogP contribution < -0.4 is 5.32 Å². The molecule has 0 aromatic heterocycles. The Morgan fingerprint density at radius 3 is 2.21 bits per heavy atom. The maximum absolute atomic E-state index is 12.1. The second kappa shape index (κ2) is 10.2. The Labute approximate surface area is 118 Å². The molecule has 0 rings (SSSR count). The molecule has 0 bridgehead atoms. The molecular formula is C15H32N2O2. The third-order valence-electron chi connectivity index (χ3n) is 3.67. The van der Waals surface area contributed by atoms with Gasteiger partial charge in [0.15, 0.2) is 0 Å². The molecule has 0 fully saturated rings. The van der Waals surface area contributed by atoms with E-state index in [4.69, 9.17) is 0 Å². The number of hydrogen-bond donors (Lipinski definition) is 2. The Morgan fingerprint density at radius 1 is 1.21 bits per heavy atom. The second-order valence-electron chi connectivity index (χ2n) is 5.58. The van der Waals surface area contributed by atoms with E-state index in [2.05, 4.69) is 37.9 Å². The van der Waals surface area contributed by atoms with Crippen molar-refractivity contribution >= 4 is 5.91 Å². The van der Waals surface area contributed by atoms with Gasteiger partial charge in [-0.05, 0) is 32.1 Å². The van der Waals surface area contributed by atoms with Gasteiger partial charge in [0.1, 0.15) is 0 Å². The number of rotatable bonds is 10. The molecule has 1 unspecified atom stereocenters. The minimum absolute atomic E-state index is 0.0704. The topological polar surface area (TPSA) is 52.6 Å². The number of aliphatic hydroxyl groups is 1. The van der Waals surface area contributed by atoms with Gasteiger partial charge in [0.25, 0.3) is 0 Å². The summed E-state index contributed by atoms with van der Waals surface area (Å²) in [7, 11) is 0. The van der Waals surface area contributed by atoms with E-state index >= 15 is 0 Å². The highest BCUT2D eigenvalue weighted by molar-refractivity contribution is 5.81. The van der Waals surface area contributed by atoms with E-state index in [9.17, 15) is 9.90 Å². The number of carbonyl (C=O) groups excluding carboxylic acids is 1. The zero-order valence-corrected chi connectivity index (χ0v) is 13.3. The largest absolute Gasteiger partial charge is 0.395 e. The lowest BCUT2D eigenvalue weighted by Crippen LogP contribution is -2.50. The van der Waals surface area contributed by atoms with Crippen molar-refractivity contribution in [2.45, 2.75) is 66.0 Å². The summed E-state index contributed by atoms with van der Waals surface area (Å²) in [4.78, 5) is 14.3. The van der Waals surface area contributed by atoms with Gasteiger partial charge in [-0.15, -0.1) is 0 Å². The van der Waals surface area contributed by atoms with Crippen LogP contribution in [0.25, 0.3) is 0 Å². The zero-order chi connectivity index (χ0) is 14.8. The lowest BCUT2D eigenvalue weighted by molar-refractivity contribution is -0.127. The molecule has 4 heteroatoms. The molecule has 0 saturated carbocycles. The van der Waals surface area contributed by atoms with Crippen molar-refractivity contribution in [3.8, 4) is 0 Å². The first-order valence-electron chi connectivity index (χ1n) is 7.62. The highest BCUT2D eigenvalue weighted by Crippen LogP contribution is 2.12. The molecular weight excluding hydrogens is 240 g/mol. The maximum Gasteiger partial charge on any atom is 0.237 e. The van der Waals surface area contributed by atoms with Crippen LogP contribution in [-0.4, -0.2) is 47.7 Å². The first kappa shape index (κ1) is 18.4. The summed E-state index contributed by atoms with van der Waals surface area (Å²) >= 11 is 0. The highest BCUT2D eigenvalue weighted by Gasteiger charge is 2.25. The summed E-state index contributed by atoms with van der Waals surface area (Å²) in [6, 6.07) is 0.183. The summed E-state index contributed by atoms with van der Waals surface area (Å²) in [6.45, 7) is 11.9. The molecule has 0 aliphatic carbocycles. The molecule has 0 aliphatic rings. The predicted molar refractivity (Wildman–Crippen MR) is 80.1 cm³/mol. The number of nitrogens with one attached hydrogen (secondary N) is 1. The van der Waals surface area contributed by atoms with Gasteiger partial charge in [-0.3, -0.25) is 9.69 Å². The maximum atomic E-state index is 12.1. The van der Waals surface area contributed by atoms with Gasteiger partial charge in [-0.2, -0.15) is 0 Å². The average Bonchev–Trinajstić information content (AvgIpc) is 2.37. The van der Waals surface area contributed by atoms with Crippen LogP contribution in [0.4, 0.5) is 0 Å². The van der Waals surface area contributed by atoms with Crippen LogP contribution in [0.2, 0.25) is 0 Å². The molecule has 0 radical (unpaired) electrons. The van der Waals surface area contributed by atoms with Crippen molar-refractivity contribution in [2.75, 3.05) is 19.7 Å². The Bertz CT molecular complexity index is 240. The van der Waals surface area contributed by atoms with E-state index in [-0.39, 0.29) is 18.6 Å². The molecule has 1 amide bonds. The quantitative estimate of drug-likeness (QED) is 0.640. The van der Waals surface area contributed by atoms with Gasteiger partial charge >= 0.3 is 0 Å². The molecule has 19 heavy (non-hydrogen) atoms. The van der Waals surface area contributed by atoms with Gasteiger partial charge in [-0.1, -0.05) is 27.7 Å². The lowest BCUT2D eigenvalue weighted by atomic mass is 10.1. The van der Waals surface area contributed by atoms with Crippen LogP contribution in [0.1, 0.15) is 53.9 Å². The van der Waals surface area contributed by atoms with Gasteiger partial charge < -0.3 is 10.4 Å². The molecule has 2 N–H and O–H groups in total. The summed E-state index contributed by atoms with van der Waals surface area (Å²) in [5.41, 5.74) is 0. The Balaban J connectivity index is 4.43. The summed E-state index contributed by atoms with van der Waals surface area (Å²) in [6.07, 6.45) is 3.00. The number of hydrogen-bond acceptors (Lipinski definition) is 3. The fourth-order valence-electron chi connectivity index (χ4n) is 2.35. The van der Waals surface area contributed by atoms with Crippen molar-refractivity contribution in [1.29, 1.82) is 0 Å². The molecule has 114 valence electrons. The molecule has 0 aromatic carbocycles. The molecule has 0 heterocycles. The van der Waals surface area contributed by atoms with Gasteiger partial charge in [0, 0.05) is 19.1 Å². The SMILES string of the molecule is CCC(CC)N(CCO)C(C)C(=O)NCCC(C)C. The Morgan fingerprint density at radius 2 is 1.79 bits per heavy atom. The van der Waals surface area contributed by atoms with Crippen LogP contribution in [0.3, 0.4) is 0 Å². The highest BCUT2D eigenvalue weighted by atomic mass is 16.3. The first-order valence-corrected chi connectivity index (χ1v) is 7.62. The van der Waals surface area contributed by atoms with Crippen LogP contribution in [0.15, 0.2) is 0 Å². The minimum atomic E-state index is -0.177. The van der Waals surface area contributed by atoms with Crippen LogP contribution in [0, 0.1) is 5.92 Å². The normalized spacial score (nSPS) is 13.3. The zero-order valence-electron chi connectivity index (χ0n) is 13.3. The van der Waals surface area contributed by atoms with E-state index in [1.54, 1.807) is 0 Å². The monoisotopic (exact) mass is 272 g/mol. The average molecular weight is 272 g/mol. The summed E-state index contributed by atoms with van der Waals surface area (Å²) in [5, 5.41) is 12.2. The number of amides is 1. The van der Waals surface area contributed by atoms with E-state index < -0.39 is 0 Å². The standard InChI is InChI=1S/C15H32N2O2/c1-6-14(7-2)17(10-11-18)13(5)15(19)16-9-8-12(3)4/h12-14,18H,6-11H2,1-5H3,(H,16,19). The van der Waals surface area contributed by atoms with Crippen LogP contribution >= 0.6 is 0 Å². The number of aliphatic hydroxyl groups excluding tert-OH is 1. The second-order valence-corrected chi connectivity index (χ2v) is 5.58. The van der Waals surface area contributed by atoms with Gasteiger partial charge in [-0.25, -0.2) is 0 Å². The first-order chi connectivity index (χ1) is 8.97. The van der Waals surface area contributed by atoms with Crippen molar-refractivity contribution in [1.82, 2.24) is 10.2 Å². The Hall–Kier alpha value is -0.610. The predicted octanol–water partition coefficient (Wildman–Crippen LogP) is 2.02. The third-order valence-corrected chi connectivity index (χ3v) is 3.67. The number of carbonyl (C=O) groups is 1. The fraction of sp³-hybridized carbons (Fsp3) is 0.933. The smallest absolute Gasteiger partial charge is 0.237 e. The Kier molecular flexibility index (Phi) is 9.88. The fourth-order valence-corrected chi connectivity index (χ4v) is 2.35. The molecule has 0 aliphatic heterocycles. The summed E-state index contributed by atoms with van der Waals surface area (Å²) < 4.78 is 0. The molecule has 0 aromatic rings. The number of nitrogens with zero attached hydrogens (tertiary/aromatic N) is 1. The molecule has 0 spiro atoms. The van der Waals surface area contributed by atoms with E-state index in [0.717, 1.165) is 25.8 Å². The van der Waals surface area contributed by atoms with Crippen LogP contribution in [0.5, 0.6) is 0 Å². The minimum Gasteiger partial charge on any atom is -0.395 e. The summed E-state index contributed by atoms with van der Waals surface area (Å²) in [5.74, 6) is 0.671. The van der Waals surface area contributed by atoms with Crippen molar-refractivity contribution in [3.05, 3.63) is 0 Å². The van der Waals surface area contributed by atoms with Crippen molar-refractivity contribution < 1.29 is 9.90 Å². The van der Waals surface area contributed by atoms with E-state index in [0.29, 0.717) is 18.5 Å². The van der Waals surface area contributed by atoms with Crippen molar-refractivity contribution in [2.24, 2.45) is 5.92 Å². The molecule has 1 atom stereocenters. The van der Waals surface area contributed by atoms with Gasteiger partial charge in [0.2, 0.25) is 5.91 Å². The molecule has 0 saturated heterocycles. The van der Waals surface area contributed by atoms with Crippen molar-refractivity contribution in [3.63, 3.8) is 0 Å². The molecule has 4 nitrogen and oxygen atoms in total. The van der Waals surface area contributed by atoms with Crippen LogP contribution in [-0.2, 0) is 4.79 Å². The third kappa shape index (κ3) is 6.92. The van der Waals surface area contributed by atoms with E-state index in [1.807, 2.05) is 6.92 Å². The van der Waals surface area contributed by atoms with E-state index in [1.165, 1.54) is 0 Å². The van der Waals surface area contributed by atoms with Gasteiger partial charge in [0.05, 0.1) is 12.6 Å². The lowest BCUT2D eigenvalue weighted by Gasteiger charge is -2.34.